The number of non-ortho nitro benzene ring substituents is 1. The van der Waals surface area contributed by atoms with Gasteiger partial charge in [-0.05, 0) is 47.5 Å². The van der Waals surface area contributed by atoms with Crippen molar-refractivity contribution in [1.29, 1.82) is 0 Å². The van der Waals surface area contributed by atoms with Crippen LogP contribution in [0.1, 0.15) is 11.1 Å². The molecule has 23 heavy (non-hydrogen) atoms. The van der Waals surface area contributed by atoms with Crippen LogP contribution in [-0.2, 0) is 11.4 Å². The predicted octanol–water partition coefficient (Wildman–Crippen LogP) is 3.75. The summed E-state index contributed by atoms with van der Waals surface area (Å²) in [5.74, 6) is 0.0592. The van der Waals surface area contributed by atoms with E-state index in [0.717, 1.165) is 5.56 Å². The maximum atomic E-state index is 12.0. The number of halogens is 2. The van der Waals surface area contributed by atoms with Gasteiger partial charge in [-0.1, -0.05) is 5.16 Å². The van der Waals surface area contributed by atoms with Crippen LogP contribution in [0.4, 0.5) is 14.5 Å². The molecule has 2 aromatic carbocycles. The number of nitrogens with zero attached hydrogens (tertiary/aromatic N) is 2. The van der Waals surface area contributed by atoms with Gasteiger partial charge in [-0.25, -0.2) is 0 Å². The highest BCUT2D eigenvalue weighted by molar-refractivity contribution is 5.79. The van der Waals surface area contributed by atoms with Crippen molar-refractivity contribution in [3.8, 4) is 5.75 Å². The quantitative estimate of drug-likeness (QED) is 0.442. The summed E-state index contributed by atoms with van der Waals surface area (Å²) in [7, 11) is 0. The fraction of sp³-hybridized carbons (Fsp3) is 0.133. The molecule has 0 saturated heterocycles. The number of hydrogen-bond acceptors (Lipinski definition) is 5. The number of benzene rings is 2. The van der Waals surface area contributed by atoms with Crippen molar-refractivity contribution in [2.24, 2.45) is 5.16 Å². The van der Waals surface area contributed by atoms with Crippen molar-refractivity contribution in [2.45, 2.75) is 13.2 Å². The van der Waals surface area contributed by atoms with Crippen LogP contribution in [0.5, 0.6) is 5.75 Å². The lowest BCUT2D eigenvalue weighted by Crippen LogP contribution is -2.01. The molecule has 0 fully saturated rings. The summed E-state index contributed by atoms with van der Waals surface area (Å²) in [5.41, 5.74) is 1.38. The van der Waals surface area contributed by atoms with Crippen LogP contribution in [0, 0.1) is 10.1 Å². The first-order valence-corrected chi connectivity index (χ1v) is 6.48. The zero-order chi connectivity index (χ0) is 16.7. The Bertz CT molecular complexity index is 673. The van der Waals surface area contributed by atoms with Crippen LogP contribution in [0.2, 0.25) is 0 Å². The molecule has 0 radical (unpaired) electrons. The average molecular weight is 322 g/mol. The Morgan fingerprint density at radius 1 is 1.13 bits per heavy atom. The number of hydrogen-bond donors (Lipinski definition) is 0. The van der Waals surface area contributed by atoms with Gasteiger partial charge in [0.05, 0.1) is 11.1 Å². The van der Waals surface area contributed by atoms with Crippen LogP contribution in [0.15, 0.2) is 53.7 Å². The minimum Gasteiger partial charge on any atom is -0.435 e. The van der Waals surface area contributed by atoms with Crippen molar-refractivity contribution in [1.82, 2.24) is 0 Å². The van der Waals surface area contributed by atoms with E-state index in [9.17, 15) is 18.9 Å². The molecule has 0 unspecified atom stereocenters. The van der Waals surface area contributed by atoms with Gasteiger partial charge in [0.25, 0.3) is 5.69 Å². The maximum Gasteiger partial charge on any atom is 0.387 e. The molecule has 0 N–H and O–H groups in total. The number of nitro groups is 1. The number of rotatable bonds is 7. The fourth-order valence-corrected chi connectivity index (χ4v) is 1.66. The van der Waals surface area contributed by atoms with E-state index in [1.165, 1.54) is 30.5 Å². The number of alkyl halides is 2. The Balaban J connectivity index is 1.83. The lowest BCUT2D eigenvalue weighted by molar-refractivity contribution is -0.384. The van der Waals surface area contributed by atoms with Gasteiger partial charge >= 0.3 is 6.61 Å². The summed E-state index contributed by atoms with van der Waals surface area (Å²) in [5, 5.41) is 14.2. The molecule has 6 nitrogen and oxygen atoms in total. The zero-order valence-electron chi connectivity index (χ0n) is 11.8. The maximum absolute atomic E-state index is 12.0. The highest BCUT2D eigenvalue weighted by Gasteiger charge is 2.04. The molecule has 0 saturated carbocycles. The highest BCUT2D eigenvalue weighted by Crippen LogP contribution is 2.14. The molecule has 0 aliphatic rings. The summed E-state index contributed by atoms with van der Waals surface area (Å²) < 4.78 is 28.2. The normalized spacial score (nSPS) is 10.9. The summed E-state index contributed by atoms with van der Waals surface area (Å²) in [6, 6.07) is 11.8. The predicted molar refractivity (Wildman–Crippen MR) is 78.6 cm³/mol. The lowest BCUT2D eigenvalue weighted by Gasteiger charge is -2.03. The summed E-state index contributed by atoms with van der Waals surface area (Å²) in [6.07, 6.45) is 1.41. The van der Waals surface area contributed by atoms with E-state index >= 15 is 0 Å². The smallest absolute Gasteiger partial charge is 0.387 e. The van der Waals surface area contributed by atoms with Crippen LogP contribution in [-0.4, -0.2) is 17.7 Å². The largest absolute Gasteiger partial charge is 0.435 e. The van der Waals surface area contributed by atoms with E-state index in [0.29, 0.717) is 5.56 Å². The molecule has 0 spiro atoms. The third-order valence-electron chi connectivity index (χ3n) is 2.76. The minimum atomic E-state index is -2.86. The van der Waals surface area contributed by atoms with Gasteiger partial charge in [0.15, 0.2) is 0 Å². The monoisotopic (exact) mass is 322 g/mol. The molecule has 0 aliphatic heterocycles. The second-order valence-electron chi connectivity index (χ2n) is 4.38. The molecule has 0 atom stereocenters. The summed E-state index contributed by atoms with van der Waals surface area (Å²) >= 11 is 0. The molecule has 8 heteroatoms. The molecule has 2 rings (SSSR count). The Morgan fingerprint density at radius 3 is 2.35 bits per heavy atom. The lowest BCUT2D eigenvalue weighted by atomic mass is 10.2. The first-order chi connectivity index (χ1) is 11.0. The Kier molecular flexibility index (Phi) is 5.56. The van der Waals surface area contributed by atoms with E-state index < -0.39 is 11.5 Å². The third-order valence-corrected chi connectivity index (χ3v) is 2.76. The van der Waals surface area contributed by atoms with E-state index in [2.05, 4.69) is 9.89 Å². The fourth-order valence-electron chi connectivity index (χ4n) is 1.66. The van der Waals surface area contributed by atoms with Crippen molar-refractivity contribution in [3.05, 3.63) is 69.8 Å². The zero-order valence-corrected chi connectivity index (χ0v) is 11.8. The molecule has 120 valence electrons. The van der Waals surface area contributed by atoms with Gasteiger partial charge in [0.1, 0.15) is 12.4 Å². The number of nitro benzene ring substituents is 1. The van der Waals surface area contributed by atoms with Crippen LogP contribution in [0.25, 0.3) is 0 Å². The highest BCUT2D eigenvalue weighted by atomic mass is 19.3. The molecule has 0 aliphatic carbocycles. The number of ether oxygens (including phenoxy) is 1. The standard InChI is InChI=1S/C15H12F2N2O4/c16-15(17)23-14-7-3-11(4-8-14)9-18-22-10-12-1-5-13(6-2-12)19(20)21/h1-9,15H,10H2. The van der Waals surface area contributed by atoms with Gasteiger partial charge in [-0.15, -0.1) is 0 Å². The molecule has 2 aromatic rings. The molecular weight excluding hydrogens is 310 g/mol. The van der Waals surface area contributed by atoms with E-state index in [1.807, 2.05) is 0 Å². The van der Waals surface area contributed by atoms with Gasteiger partial charge in [-0.3, -0.25) is 10.1 Å². The van der Waals surface area contributed by atoms with E-state index in [4.69, 9.17) is 4.84 Å². The molecule has 0 heterocycles. The summed E-state index contributed by atoms with van der Waals surface area (Å²) in [4.78, 5) is 15.1. The Morgan fingerprint density at radius 2 is 1.78 bits per heavy atom. The van der Waals surface area contributed by atoms with Gasteiger partial charge in [0.2, 0.25) is 0 Å². The van der Waals surface area contributed by atoms with Crippen LogP contribution in [0.3, 0.4) is 0 Å². The van der Waals surface area contributed by atoms with Gasteiger partial charge in [0, 0.05) is 12.1 Å². The third kappa shape index (κ3) is 5.34. The first-order valence-electron chi connectivity index (χ1n) is 6.48. The van der Waals surface area contributed by atoms with Crippen molar-refractivity contribution in [2.75, 3.05) is 0 Å². The number of oxime groups is 1. The van der Waals surface area contributed by atoms with Crippen molar-refractivity contribution >= 4 is 11.9 Å². The van der Waals surface area contributed by atoms with Gasteiger partial charge in [-0.2, -0.15) is 8.78 Å². The minimum absolute atomic E-state index is 0.00311. The van der Waals surface area contributed by atoms with E-state index in [-0.39, 0.29) is 18.0 Å². The van der Waals surface area contributed by atoms with Crippen LogP contribution < -0.4 is 4.74 Å². The van der Waals surface area contributed by atoms with Crippen LogP contribution >= 0.6 is 0 Å². The molecule has 0 bridgehead atoms. The molecular formula is C15H12F2N2O4. The average Bonchev–Trinajstić information content (AvgIpc) is 2.53. The van der Waals surface area contributed by atoms with Crippen molar-refractivity contribution < 1.29 is 23.3 Å². The molecule has 0 aromatic heterocycles. The second kappa shape index (κ2) is 7.83. The second-order valence-corrected chi connectivity index (χ2v) is 4.38. The molecule has 0 amide bonds. The van der Waals surface area contributed by atoms with Gasteiger partial charge < -0.3 is 9.57 Å². The topological polar surface area (TPSA) is 74.0 Å². The van der Waals surface area contributed by atoms with E-state index in [1.54, 1.807) is 24.3 Å². The Labute approximate surface area is 130 Å². The summed E-state index contributed by atoms with van der Waals surface area (Å²) in [6.45, 7) is -2.71. The Hall–Kier alpha value is -3.03. The first kappa shape index (κ1) is 16.3. The van der Waals surface area contributed by atoms with Crippen molar-refractivity contribution in [3.63, 3.8) is 0 Å². The SMILES string of the molecule is O=[N+]([O-])c1ccc(CON=Cc2ccc(OC(F)F)cc2)cc1.